The quantitative estimate of drug-likeness (QED) is 0.397. The van der Waals surface area contributed by atoms with Gasteiger partial charge in [0.1, 0.15) is 10.8 Å². The van der Waals surface area contributed by atoms with Crippen LogP contribution in [0.15, 0.2) is 77.9 Å². The van der Waals surface area contributed by atoms with E-state index in [0.717, 1.165) is 32.1 Å². The molecule has 0 saturated carbocycles. The number of aromatic nitrogens is 1. The van der Waals surface area contributed by atoms with Crippen molar-refractivity contribution < 1.29 is 9.53 Å². The molecule has 0 aliphatic heterocycles. The topological polar surface area (TPSA) is 63.6 Å². The van der Waals surface area contributed by atoms with Crippen LogP contribution in [0.2, 0.25) is 0 Å². The van der Waals surface area contributed by atoms with Crippen LogP contribution >= 0.6 is 11.3 Å². The molecule has 3 aromatic carbocycles. The molecule has 28 heavy (non-hydrogen) atoms. The van der Waals surface area contributed by atoms with E-state index in [1.165, 1.54) is 0 Å². The summed E-state index contributed by atoms with van der Waals surface area (Å²) in [5, 5.41) is 4.94. The molecule has 0 bridgehead atoms. The minimum Gasteiger partial charge on any atom is -0.497 e. The molecule has 0 spiro atoms. The van der Waals surface area contributed by atoms with Crippen LogP contribution in [0.4, 0.5) is 0 Å². The molecule has 0 saturated heterocycles. The second-order valence-corrected chi connectivity index (χ2v) is 7.07. The molecule has 1 amide bonds. The Labute approximate surface area is 166 Å². The summed E-state index contributed by atoms with van der Waals surface area (Å²) in [6, 6.07) is 22.8. The van der Waals surface area contributed by atoms with E-state index in [9.17, 15) is 4.79 Å². The Kier molecular flexibility index (Phi) is 5.12. The Morgan fingerprint density at radius 2 is 1.79 bits per heavy atom. The molecule has 4 rings (SSSR count). The predicted octanol–water partition coefficient (Wildman–Crippen LogP) is 4.74. The number of nitrogens with one attached hydrogen (secondary N) is 1. The van der Waals surface area contributed by atoms with Crippen LogP contribution in [-0.4, -0.2) is 24.2 Å². The van der Waals surface area contributed by atoms with E-state index in [2.05, 4.69) is 21.6 Å². The average molecular weight is 387 g/mol. The van der Waals surface area contributed by atoms with Gasteiger partial charge in [0, 0.05) is 11.1 Å². The summed E-state index contributed by atoms with van der Waals surface area (Å²) >= 11 is 1.63. The van der Waals surface area contributed by atoms with Crippen molar-refractivity contribution in [1.29, 1.82) is 0 Å². The maximum Gasteiger partial charge on any atom is 0.271 e. The highest BCUT2D eigenvalue weighted by atomic mass is 32.1. The van der Waals surface area contributed by atoms with Gasteiger partial charge in [-0.3, -0.25) is 4.79 Å². The normalized spacial score (nSPS) is 11.0. The first-order valence-electron chi connectivity index (χ1n) is 8.66. The molecule has 1 N–H and O–H groups in total. The number of hydrogen-bond donors (Lipinski definition) is 1. The Morgan fingerprint density at radius 1 is 1.04 bits per heavy atom. The molecule has 138 valence electrons. The highest BCUT2D eigenvalue weighted by Crippen LogP contribution is 2.29. The fourth-order valence-electron chi connectivity index (χ4n) is 2.68. The van der Waals surface area contributed by atoms with Gasteiger partial charge in [-0.25, -0.2) is 10.4 Å². The maximum absolute atomic E-state index is 12.3. The molecule has 0 aliphatic carbocycles. The third-order valence-corrected chi connectivity index (χ3v) is 5.27. The Balaban J connectivity index is 1.42. The van der Waals surface area contributed by atoms with Gasteiger partial charge < -0.3 is 4.74 Å². The lowest BCUT2D eigenvalue weighted by Crippen LogP contribution is -2.17. The number of fused-ring (bicyclic) bond motifs is 1. The third-order valence-electron chi connectivity index (χ3n) is 4.18. The lowest BCUT2D eigenvalue weighted by Gasteiger charge is -2.02. The zero-order chi connectivity index (χ0) is 19.3. The molecule has 0 unspecified atom stereocenters. The van der Waals surface area contributed by atoms with Crippen molar-refractivity contribution in [3.05, 3.63) is 83.9 Å². The minimum atomic E-state index is -0.263. The first kappa shape index (κ1) is 17.9. The van der Waals surface area contributed by atoms with Crippen molar-refractivity contribution in [2.45, 2.75) is 0 Å². The standard InChI is InChI=1S/C22H17N3O2S/c1-27-18-12-6-15(7-13-18)14-23-25-21(26)16-8-10-17(11-9-16)22-24-19-4-2-3-5-20(19)28-22/h2-14H,1H3,(H,25,26)/b23-14+. The summed E-state index contributed by atoms with van der Waals surface area (Å²) in [7, 11) is 1.62. The van der Waals surface area contributed by atoms with E-state index in [0.29, 0.717) is 5.56 Å². The first-order valence-corrected chi connectivity index (χ1v) is 9.48. The number of hydrazone groups is 1. The number of nitrogens with zero attached hydrogens (tertiary/aromatic N) is 2. The number of methoxy groups -OCH3 is 1. The number of ether oxygens (including phenoxy) is 1. The van der Waals surface area contributed by atoms with Gasteiger partial charge in [-0.05, 0) is 54.1 Å². The number of carbonyl (C=O) groups is 1. The molecule has 1 heterocycles. The fourth-order valence-corrected chi connectivity index (χ4v) is 3.65. The SMILES string of the molecule is COc1ccc(/C=N/NC(=O)c2ccc(-c3nc4ccccc4s3)cc2)cc1. The van der Waals surface area contributed by atoms with E-state index in [-0.39, 0.29) is 5.91 Å². The Bertz CT molecular complexity index is 1100. The monoisotopic (exact) mass is 387 g/mol. The zero-order valence-corrected chi connectivity index (χ0v) is 15.9. The second-order valence-electron chi connectivity index (χ2n) is 6.04. The van der Waals surface area contributed by atoms with Gasteiger partial charge in [0.15, 0.2) is 0 Å². The molecule has 0 fully saturated rings. The van der Waals surface area contributed by atoms with Crippen LogP contribution in [0.5, 0.6) is 5.75 Å². The number of amides is 1. The molecular formula is C22H17N3O2S. The van der Waals surface area contributed by atoms with Crippen LogP contribution < -0.4 is 10.2 Å². The van der Waals surface area contributed by atoms with Gasteiger partial charge in [0.25, 0.3) is 5.91 Å². The van der Waals surface area contributed by atoms with Crippen molar-refractivity contribution in [2.24, 2.45) is 5.10 Å². The van der Waals surface area contributed by atoms with Gasteiger partial charge in [-0.2, -0.15) is 5.10 Å². The van der Waals surface area contributed by atoms with E-state index in [1.807, 2.05) is 54.6 Å². The predicted molar refractivity (Wildman–Crippen MR) is 113 cm³/mol. The van der Waals surface area contributed by atoms with Crippen LogP contribution in [0, 0.1) is 0 Å². The first-order chi connectivity index (χ1) is 13.7. The Hall–Kier alpha value is -3.51. The molecular weight excluding hydrogens is 370 g/mol. The molecule has 0 aliphatic rings. The number of thiazole rings is 1. The van der Waals surface area contributed by atoms with Crippen LogP contribution in [0.25, 0.3) is 20.8 Å². The summed E-state index contributed by atoms with van der Waals surface area (Å²) in [5.41, 5.74) is 5.92. The summed E-state index contributed by atoms with van der Waals surface area (Å²) in [4.78, 5) is 16.9. The second kappa shape index (κ2) is 8.02. The van der Waals surface area contributed by atoms with E-state index in [4.69, 9.17) is 4.74 Å². The van der Waals surface area contributed by atoms with Crippen molar-refractivity contribution in [3.8, 4) is 16.3 Å². The minimum absolute atomic E-state index is 0.263. The number of hydrogen-bond acceptors (Lipinski definition) is 5. The van der Waals surface area contributed by atoms with Crippen molar-refractivity contribution in [1.82, 2.24) is 10.4 Å². The lowest BCUT2D eigenvalue weighted by molar-refractivity contribution is 0.0955. The summed E-state index contributed by atoms with van der Waals surface area (Å²) in [5.74, 6) is 0.509. The van der Waals surface area contributed by atoms with Crippen LogP contribution in [0.3, 0.4) is 0 Å². The van der Waals surface area contributed by atoms with Crippen molar-refractivity contribution in [3.63, 3.8) is 0 Å². The molecule has 6 heteroatoms. The zero-order valence-electron chi connectivity index (χ0n) is 15.1. The summed E-state index contributed by atoms with van der Waals surface area (Å²) in [6.45, 7) is 0. The molecule has 1 aromatic heterocycles. The average Bonchev–Trinajstić information content (AvgIpc) is 3.18. The van der Waals surface area contributed by atoms with E-state index < -0.39 is 0 Å². The highest BCUT2D eigenvalue weighted by Gasteiger charge is 2.08. The number of benzene rings is 3. The molecule has 5 nitrogen and oxygen atoms in total. The fraction of sp³-hybridized carbons (Fsp3) is 0.0455. The van der Waals surface area contributed by atoms with Gasteiger partial charge in [0.2, 0.25) is 0 Å². The van der Waals surface area contributed by atoms with Gasteiger partial charge >= 0.3 is 0 Å². The Morgan fingerprint density at radius 3 is 2.50 bits per heavy atom. The number of rotatable bonds is 5. The van der Waals surface area contributed by atoms with E-state index in [1.54, 1.807) is 36.8 Å². The van der Waals surface area contributed by atoms with Gasteiger partial charge in [0.05, 0.1) is 23.5 Å². The largest absolute Gasteiger partial charge is 0.497 e. The van der Waals surface area contributed by atoms with Gasteiger partial charge in [-0.15, -0.1) is 11.3 Å². The van der Waals surface area contributed by atoms with Crippen molar-refractivity contribution in [2.75, 3.05) is 7.11 Å². The van der Waals surface area contributed by atoms with Gasteiger partial charge in [-0.1, -0.05) is 24.3 Å². The maximum atomic E-state index is 12.3. The molecule has 4 aromatic rings. The van der Waals surface area contributed by atoms with Crippen LogP contribution in [-0.2, 0) is 0 Å². The summed E-state index contributed by atoms with van der Waals surface area (Å²) < 4.78 is 6.26. The number of carbonyl (C=O) groups excluding carboxylic acids is 1. The number of para-hydroxylation sites is 1. The third kappa shape index (κ3) is 3.92. The lowest BCUT2D eigenvalue weighted by atomic mass is 10.1. The summed E-state index contributed by atoms with van der Waals surface area (Å²) in [6.07, 6.45) is 1.59. The highest BCUT2D eigenvalue weighted by molar-refractivity contribution is 7.21. The molecule has 0 atom stereocenters. The van der Waals surface area contributed by atoms with E-state index >= 15 is 0 Å². The molecule has 0 radical (unpaired) electrons. The van der Waals surface area contributed by atoms with Crippen molar-refractivity contribution >= 4 is 33.7 Å². The van der Waals surface area contributed by atoms with Crippen LogP contribution in [0.1, 0.15) is 15.9 Å². The smallest absolute Gasteiger partial charge is 0.271 e.